The number of aromatic nitrogens is 1. The van der Waals surface area contributed by atoms with Crippen molar-refractivity contribution in [2.75, 3.05) is 45.7 Å². The van der Waals surface area contributed by atoms with Crippen LogP contribution in [0.4, 0.5) is 11.5 Å². The summed E-state index contributed by atoms with van der Waals surface area (Å²) in [7, 11) is 3.63. The quantitative estimate of drug-likeness (QED) is 0.565. The molecule has 0 aromatic carbocycles. The summed E-state index contributed by atoms with van der Waals surface area (Å²) in [6.07, 6.45) is 1.62. The van der Waals surface area contributed by atoms with E-state index in [-0.39, 0.29) is 5.69 Å². The molecule has 1 heterocycles. The zero-order valence-corrected chi connectivity index (χ0v) is 11.5. The Balaban J connectivity index is 2.51. The highest BCUT2D eigenvalue weighted by atomic mass is 16.6. The summed E-state index contributed by atoms with van der Waals surface area (Å²) in [6, 6.07) is 1.52. The molecular weight excluding hydrogens is 248 g/mol. The van der Waals surface area contributed by atoms with Gasteiger partial charge in [0.15, 0.2) is 0 Å². The molecule has 0 radical (unpaired) electrons. The molecule has 0 spiro atoms. The molecule has 0 aliphatic rings. The van der Waals surface area contributed by atoms with Crippen LogP contribution in [0.5, 0.6) is 0 Å². The third kappa shape index (κ3) is 5.19. The molecule has 0 amide bonds. The number of nitrogens with one attached hydrogen (secondary N) is 1. The van der Waals surface area contributed by atoms with Gasteiger partial charge >= 0.3 is 5.69 Å². The van der Waals surface area contributed by atoms with Crippen molar-refractivity contribution in [3.05, 3.63) is 27.9 Å². The van der Waals surface area contributed by atoms with Gasteiger partial charge in [0.2, 0.25) is 5.82 Å². The third-order valence-electron chi connectivity index (χ3n) is 2.66. The molecule has 19 heavy (non-hydrogen) atoms. The van der Waals surface area contributed by atoms with E-state index in [9.17, 15) is 10.1 Å². The minimum Gasteiger partial charge on any atom is -0.383 e. The van der Waals surface area contributed by atoms with E-state index in [1.807, 2.05) is 7.05 Å². The molecule has 0 aliphatic heterocycles. The fraction of sp³-hybridized carbons (Fsp3) is 0.583. The van der Waals surface area contributed by atoms with Crippen molar-refractivity contribution >= 4 is 11.5 Å². The van der Waals surface area contributed by atoms with Crippen molar-refractivity contribution in [1.82, 2.24) is 9.88 Å². The van der Waals surface area contributed by atoms with Crippen molar-refractivity contribution in [3.63, 3.8) is 0 Å². The number of hydrogen-bond acceptors (Lipinski definition) is 6. The van der Waals surface area contributed by atoms with E-state index in [0.29, 0.717) is 19.0 Å². The highest BCUT2D eigenvalue weighted by Gasteiger charge is 2.14. The maximum absolute atomic E-state index is 10.9. The van der Waals surface area contributed by atoms with E-state index < -0.39 is 4.92 Å². The summed E-state index contributed by atoms with van der Waals surface area (Å²) in [5, 5.41) is 13.9. The fourth-order valence-electron chi connectivity index (χ4n) is 1.55. The highest BCUT2D eigenvalue weighted by molar-refractivity contribution is 5.56. The number of rotatable bonds is 8. The van der Waals surface area contributed by atoms with Crippen LogP contribution in [0.15, 0.2) is 12.3 Å². The number of pyridine rings is 1. The number of methoxy groups -OCH3 is 1. The van der Waals surface area contributed by atoms with Crippen LogP contribution in [0.3, 0.4) is 0 Å². The van der Waals surface area contributed by atoms with E-state index in [1.54, 1.807) is 20.2 Å². The van der Waals surface area contributed by atoms with Gasteiger partial charge in [-0.1, -0.05) is 0 Å². The highest BCUT2D eigenvalue weighted by Crippen LogP contribution is 2.21. The van der Waals surface area contributed by atoms with E-state index in [0.717, 1.165) is 18.7 Å². The summed E-state index contributed by atoms with van der Waals surface area (Å²) < 4.78 is 4.98. The van der Waals surface area contributed by atoms with Gasteiger partial charge in [-0.2, -0.15) is 0 Å². The second kappa shape index (κ2) is 7.65. The van der Waals surface area contributed by atoms with E-state index >= 15 is 0 Å². The Morgan fingerprint density at radius 3 is 2.89 bits per heavy atom. The average molecular weight is 268 g/mol. The maximum atomic E-state index is 10.9. The molecular formula is C12H20N4O3. The summed E-state index contributed by atoms with van der Waals surface area (Å²) in [5.74, 6) is 0.316. The monoisotopic (exact) mass is 268 g/mol. The summed E-state index contributed by atoms with van der Waals surface area (Å²) in [6.45, 7) is 4.62. The predicted molar refractivity (Wildman–Crippen MR) is 73.5 cm³/mol. The van der Waals surface area contributed by atoms with Crippen LogP contribution >= 0.6 is 0 Å². The van der Waals surface area contributed by atoms with Crippen molar-refractivity contribution in [2.45, 2.75) is 6.92 Å². The lowest BCUT2D eigenvalue weighted by Gasteiger charge is -2.16. The molecule has 0 unspecified atom stereocenters. The van der Waals surface area contributed by atoms with Crippen LogP contribution in [-0.2, 0) is 4.74 Å². The van der Waals surface area contributed by atoms with Gasteiger partial charge in [-0.05, 0) is 19.5 Å². The van der Waals surface area contributed by atoms with Crippen LogP contribution in [0.25, 0.3) is 0 Å². The molecule has 7 nitrogen and oxygen atoms in total. The molecule has 106 valence electrons. The number of ether oxygens (including phenoxy) is 1. The summed E-state index contributed by atoms with van der Waals surface area (Å²) in [4.78, 5) is 16.6. The first-order chi connectivity index (χ1) is 9.04. The number of nitrogens with zero attached hydrogens (tertiary/aromatic N) is 3. The van der Waals surface area contributed by atoms with Gasteiger partial charge < -0.3 is 15.0 Å². The van der Waals surface area contributed by atoms with Gasteiger partial charge in [-0.3, -0.25) is 10.1 Å². The standard InChI is InChI=1S/C12H20N4O3/c1-10-8-11(16(17)18)12(14-9-10)13-4-5-15(2)6-7-19-3/h8-9H,4-7H2,1-3H3,(H,13,14). The Hall–Kier alpha value is -1.73. The number of anilines is 1. The topological polar surface area (TPSA) is 80.5 Å². The van der Waals surface area contributed by atoms with Crippen LogP contribution in [0.1, 0.15) is 5.56 Å². The lowest BCUT2D eigenvalue weighted by Crippen LogP contribution is -2.28. The Morgan fingerprint density at radius 2 is 2.26 bits per heavy atom. The van der Waals surface area contributed by atoms with Crippen LogP contribution in [0.2, 0.25) is 0 Å². The largest absolute Gasteiger partial charge is 0.383 e. The first-order valence-electron chi connectivity index (χ1n) is 6.07. The van der Waals surface area contributed by atoms with Crippen molar-refractivity contribution in [1.29, 1.82) is 0 Å². The minimum atomic E-state index is -0.420. The molecule has 7 heteroatoms. The van der Waals surface area contributed by atoms with E-state index in [1.165, 1.54) is 6.07 Å². The Labute approximate surface area is 112 Å². The van der Waals surface area contributed by atoms with Gasteiger partial charge in [0.25, 0.3) is 0 Å². The Kier molecular flexibility index (Phi) is 6.17. The molecule has 1 aromatic heterocycles. The molecule has 1 rings (SSSR count). The van der Waals surface area contributed by atoms with Crippen molar-refractivity contribution < 1.29 is 9.66 Å². The van der Waals surface area contributed by atoms with Gasteiger partial charge in [-0.25, -0.2) is 4.98 Å². The number of aryl methyl sites for hydroxylation is 1. The smallest absolute Gasteiger partial charge is 0.311 e. The van der Waals surface area contributed by atoms with Gasteiger partial charge in [0.05, 0.1) is 11.5 Å². The molecule has 1 N–H and O–H groups in total. The number of likely N-dealkylation sites (N-methyl/N-ethyl adjacent to an activating group) is 1. The summed E-state index contributed by atoms with van der Waals surface area (Å²) in [5.41, 5.74) is 0.786. The zero-order valence-electron chi connectivity index (χ0n) is 11.5. The lowest BCUT2D eigenvalue weighted by molar-refractivity contribution is -0.384. The zero-order chi connectivity index (χ0) is 14.3. The average Bonchev–Trinajstić information content (AvgIpc) is 2.37. The van der Waals surface area contributed by atoms with Gasteiger partial charge in [-0.15, -0.1) is 0 Å². The SMILES string of the molecule is COCCN(C)CCNc1ncc(C)cc1[N+](=O)[O-]. The molecule has 0 atom stereocenters. The molecule has 1 aromatic rings. The van der Waals surface area contributed by atoms with E-state index in [2.05, 4.69) is 15.2 Å². The predicted octanol–water partition coefficient (Wildman–Crippen LogP) is 1.29. The first kappa shape index (κ1) is 15.3. The third-order valence-corrected chi connectivity index (χ3v) is 2.66. The Bertz CT molecular complexity index is 425. The molecule has 0 saturated carbocycles. The number of nitro groups is 1. The van der Waals surface area contributed by atoms with Crippen LogP contribution < -0.4 is 5.32 Å². The second-order valence-electron chi connectivity index (χ2n) is 4.36. The second-order valence-corrected chi connectivity index (χ2v) is 4.36. The van der Waals surface area contributed by atoms with Crippen molar-refractivity contribution in [3.8, 4) is 0 Å². The van der Waals surface area contributed by atoms with Crippen LogP contribution in [0, 0.1) is 17.0 Å². The Morgan fingerprint density at radius 1 is 1.53 bits per heavy atom. The van der Waals surface area contributed by atoms with E-state index in [4.69, 9.17) is 4.74 Å². The normalized spacial score (nSPS) is 10.7. The molecule has 0 aliphatic carbocycles. The molecule has 0 fully saturated rings. The van der Waals surface area contributed by atoms with Gasteiger partial charge in [0, 0.05) is 39.0 Å². The number of hydrogen-bond donors (Lipinski definition) is 1. The van der Waals surface area contributed by atoms with Gasteiger partial charge in [0.1, 0.15) is 0 Å². The fourth-order valence-corrected chi connectivity index (χ4v) is 1.55. The van der Waals surface area contributed by atoms with Crippen molar-refractivity contribution in [2.24, 2.45) is 0 Å². The minimum absolute atomic E-state index is 0.0135. The first-order valence-corrected chi connectivity index (χ1v) is 6.07. The molecule has 0 bridgehead atoms. The van der Waals surface area contributed by atoms with Crippen LogP contribution in [-0.4, -0.2) is 55.2 Å². The lowest BCUT2D eigenvalue weighted by atomic mass is 10.3. The maximum Gasteiger partial charge on any atom is 0.311 e. The molecule has 0 saturated heterocycles. The summed E-state index contributed by atoms with van der Waals surface area (Å²) >= 11 is 0.